The van der Waals surface area contributed by atoms with Gasteiger partial charge in [-0.2, -0.15) is 0 Å². The molecule has 0 aromatic heterocycles. The molecule has 1 fully saturated rings. The van der Waals surface area contributed by atoms with Gasteiger partial charge in [-0.3, -0.25) is 4.90 Å². The Hall–Kier alpha value is -0.160. The zero-order valence-corrected chi connectivity index (χ0v) is 12.2. The summed E-state index contributed by atoms with van der Waals surface area (Å²) in [5.41, 5.74) is 5.87. The number of piperazine rings is 1. The fraction of sp³-hybridized carbons (Fsp3) is 1.00. The molecule has 0 aliphatic carbocycles. The number of nitrogens with zero attached hydrogens (tertiary/aromatic N) is 2. The van der Waals surface area contributed by atoms with Gasteiger partial charge in [0.25, 0.3) is 0 Å². The molecule has 0 saturated carbocycles. The number of hydrogen-bond acceptors (Lipinski definition) is 4. The molecule has 0 bridgehead atoms. The molecular weight excluding hydrogens is 226 g/mol. The largest absolute Gasteiger partial charge is 0.385 e. The molecule has 2 N–H and O–H groups in total. The lowest BCUT2D eigenvalue weighted by molar-refractivity contribution is 0.0914. The second-order valence-corrected chi connectivity index (χ2v) is 5.26. The number of hydrogen-bond donors (Lipinski definition) is 1. The van der Waals surface area contributed by atoms with Crippen molar-refractivity contribution < 1.29 is 4.74 Å². The molecule has 108 valence electrons. The predicted molar refractivity (Wildman–Crippen MR) is 76.9 cm³/mol. The fourth-order valence-electron chi connectivity index (χ4n) is 2.72. The van der Waals surface area contributed by atoms with E-state index in [9.17, 15) is 0 Å². The third-order valence-corrected chi connectivity index (χ3v) is 3.89. The van der Waals surface area contributed by atoms with Crippen molar-refractivity contribution in [2.45, 2.75) is 38.6 Å². The van der Waals surface area contributed by atoms with Gasteiger partial charge in [-0.25, -0.2) is 0 Å². The molecule has 0 amide bonds. The maximum Gasteiger partial charge on any atom is 0.0462 e. The van der Waals surface area contributed by atoms with Gasteiger partial charge in [-0.1, -0.05) is 13.3 Å². The van der Waals surface area contributed by atoms with Crippen molar-refractivity contribution in [3.8, 4) is 0 Å². The molecule has 0 aromatic carbocycles. The Morgan fingerprint density at radius 3 is 2.44 bits per heavy atom. The third kappa shape index (κ3) is 5.65. The van der Waals surface area contributed by atoms with Gasteiger partial charge in [-0.05, 0) is 25.8 Å². The molecule has 0 radical (unpaired) electrons. The van der Waals surface area contributed by atoms with Gasteiger partial charge in [0.2, 0.25) is 0 Å². The average Bonchev–Trinajstić information content (AvgIpc) is 2.42. The second kappa shape index (κ2) is 9.73. The zero-order chi connectivity index (χ0) is 13.2. The molecule has 1 saturated heterocycles. The summed E-state index contributed by atoms with van der Waals surface area (Å²) in [6.45, 7) is 9.94. The molecule has 1 aliphatic heterocycles. The van der Waals surface area contributed by atoms with Crippen LogP contribution in [-0.2, 0) is 4.74 Å². The highest BCUT2D eigenvalue weighted by Gasteiger charge is 2.21. The van der Waals surface area contributed by atoms with E-state index in [2.05, 4.69) is 16.7 Å². The van der Waals surface area contributed by atoms with Crippen molar-refractivity contribution >= 4 is 0 Å². The van der Waals surface area contributed by atoms with E-state index in [1.165, 1.54) is 58.4 Å². The molecule has 4 heteroatoms. The Balaban J connectivity index is 2.15. The molecule has 1 atom stereocenters. The summed E-state index contributed by atoms with van der Waals surface area (Å²) in [5.74, 6) is 0. The van der Waals surface area contributed by atoms with E-state index < -0.39 is 0 Å². The molecule has 1 rings (SSSR count). The minimum atomic E-state index is 0.602. The predicted octanol–water partition coefficient (Wildman–Crippen LogP) is 1.16. The lowest BCUT2D eigenvalue weighted by Crippen LogP contribution is -2.52. The van der Waals surface area contributed by atoms with E-state index in [0.717, 1.165) is 13.2 Å². The van der Waals surface area contributed by atoms with Crippen molar-refractivity contribution in [3.63, 3.8) is 0 Å². The normalized spacial score (nSPS) is 20.2. The average molecular weight is 257 g/mol. The summed E-state index contributed by atoms with van der Waals surface area (Å²) in [6.07, 6.45) is 4.91. The zero-order valence-electron chi connectivity index (χ0n) is 12.2. The van der Waals surface area contributed by atoms with E-state index in [1.54, 1.807) is 7.11 Å². The van der Waals surface area contributed by atoms with E-state index >= 15 is 0 Å². The summed E-state index contributed by atoms with van der Waals surface area (Å²) in [7, 11) is 1.78. The Morgan fingerprint density at radius 2 is 1.89 bits per heavy atom. The van der Waals surface area contributed by atoms with E-state index in [4.69, 9.17) is 10.5 Å². The summed E-state index contributed by atoms with van der Waals surface area (Å²) in [5, 5.41) is 0. The van der Waals surface area contributed by atoms with Gasteiger partial charge in [0.15, 0.2) is 0 Å². The van der Waals surface area contributed by atoms with Gasteiger partial charge < -0.3 is 15.4 Å². The van der Waals surface area contributed by atoms with E-state index in [1.807, 2.05) is 0 Å². The van der Waals surface area contributed by atoms with E-state index in [0.29, 0.717) is 6.04 Å². The number of nitrogens with two attached hydrogens (primary N) is 1. The van der Waals surface area contributed by atoms with Crippen LogP contribution in [0.2, 0.25) is 0 Å². The Kier molecular flexibility index (Phi) is 8.59. The minimum Gasteiger partial charge on any atom is -0.385 e. The molecular formula is C14H31N3O. The first kappa shape index (κ1) is 15.9. The first-order chi connectivity index (χ1) is 8.81. The first-order valence-corrected chi connectivity index (χ1v) is 7.47. The number of ether oxygens (including phenoxy) is 1. The highest BCUT2D eigenvalue weighted by molar-refractivity contribution is 4.78. The lowest BCUT2D eigenvalue weighted by Gasteiger charge is -2.39. The van der Waals surface area contributed by atoms with Crippen molar-refractivity contribution in [1.82, 2.24) is 9.80 Å². The van der Waals surface area contributed by atoms with Gasteiger partial charge >= 0.3 is 0 Å². The molecule has 1 aliphatic rings. The van der Waals surface area contributed by atoms with Crippen LogP contribution >= 0.6 is 0 Å². The van der Waals surface area contributed by atoms with Gasteiger partial charge in [0, 0.05) is 52.5 Å². The summed E-state index contributed by atoms with van der Waals surface area (Å²) < 4.78 is 5.08. The van der Waals surface area contributed by atoms with Crippen molar-refractivity contribution in [1.29, 1.82) is 0 Å². The Morgan fingerprint density at radius 1 is 1.17 bits per heavy atom. The molecule has 0 aromatic rings. The smallest absolute Gasteiger partial charge is 0.0462 e. The molecule has 4 nitrogen and oxygen atoms in total. The number of unbranched alkanes of at least 4 members (excludes halogenated alkanes) is 1. The van der Waals surface area contributed by atoms with Crippen LogP contribution < -0.4 is 5.73 Å². The van der Waals surface area contributed by atoms with E-state index in [-0.39, 0.29) is 0 Å². The third-order valence-electron chi connectivity index (χ3n) is 3.89. The maximum atomic E-state index is 5.87. The van der Waals surface area contributed by atoms with Crippen LogP contribution in [0.15, 0.2) is 0 Å². The summed E-state index contributed by atoms with van der Waals surface area (Å²) >= 11 is 0. The maximum absolute atomic E-state index is 5.87. The van der Waals surface area contributed by atoms with Crippen LogP contribution in [0, 0.1) is 0 Å². The topological polar surface area (TPSA) is 41.7 Å². The molecule has 18 heavy (non-hydrogen) atoms. The van der Waals surface area contributed by atoms with Gasteiger partial charge in [0.05, 0.1) is 0 Å². The Bertz CT molecular complexity index is 193. The van der Waals surface area contributed by atoms with Crippen LogP contribution in [0.3, 0.4) is 0 Å². The van der Waals surface area contributed by atoms with Crippen molar-refractivity contribution in [3.05, 3.63) is 0 Å². The summed E-state index contributed by atoms with van der Waals surface area (Å²) in [4.78, 5) is 5.15. The van der Waals surface area contributed by atoms with Gasteiger partial charge in [-0.15, -0.1) is 0 Å². The minimum absolute atomic E-state index is 0.602. The van der Waals surface area contributed by atoms with Crippen molar-refractivity contribution in [2.24, 2.45) is 5.73 Å². The number of rotatable bonds is 9. The molecule has 1 heterocycles. The lowest BCUT2D eigenvalue weighted by atomic mass is 10.1. The standard InChI is InChI=1S/C14H31N3O/c1-3-6-14(13-15)17-10-8-16(9-11-17)7-4-5-12-18-2/h14H,3-13,15H2,1-2H3. The van der Waals surface area contributed by atoms with Crippen LogP contribution in [-0.4, -0.2) is 68.8 Å². The second-order valence-electron chi connectivity index (χ2n) is 5.26. The molecule has 0 spiro atoms. The van der Waals surface area contributed by atoms with Crippen molar-refractivity contribution in [2.75, 3.05) is 53.0 Å². The van der Waals surface area contributed by atoms with Crippen LogP contribution in [0.5, 0.6) is 0 Å². The monoisotopic (exact) mass is 257 g/mol. The Labute approximate surface area is 112 Å². The first-order valence-electron chi connectivity index (χ1n) is 7.47. The van der Waals surface area contributed by atoms with Crippen LogP contribution in [0.4, 0.5) is 0 Å². The molecule has 1 unspecified atom stereocenters. The highest BCUT2D eigenvalue weighted by atomic mass is 16.5. The van der Waals surface area contributed by atoms with Crippen LogP contribution in [0.25, 0.3) is 0 Å². The SMILES string of the molecule is CCCC(CN)N1CCN(CCCCOC)CC1. The summed E-state index contributed by atoms with van der Waals surface area (Å²) in [6, 6.07) is 0.602. The number of methoxy groups -OCH3 is 1. The van der Waals surface area contributed by atoms with Crippen LogP contribution in [0.1, 0.15) is 32.6 Å². The quantitative estimate of drug-likeness (QED) is 0.629. The fourth-order valence-corrected chi connectivity index (χ4v) is 2.72. The highest BCUT2D eigenvalue weighted by Crippen LogP contribution is 2.10. The van der Waals surface area contributed by atoms with Gasteiger partial charge in [0.1, 0.15) is 0 Å².